The Morgan fingerprint density at radius 3 is 1.35 bits per heavy atom. The molecule has 2 heterocycles. The van der Waals surface area contributed by atoms with Gasteiger partial charge in [-0.15, -0.1) is 10.1 Å². The molecule has 8 nitrogen and oxygen atoms in total. The predicted molar refractivity (Wildman–Crippen MR) is 87.7 cm³/mol. The van der Waals surface area contributed by atoms with E-state index in [1.165, 1.54) is 24.3 Å². The van der Waals surface area contributed by atoms with Gasteiger partial charge in [-0.2, -0.15) is 0 Å². The molecular formula is C18H16N2O6. The Bertz CT molecular complexity index is 726. The smallest absolute Gasteiger partial charge is 0.328 e. The van der Waals surface area contributed by atoms with Gasteiger partial charge in [0.1, 0.15) is 0 Å². The summed E-state index contributed by atoms with van der Waals surface area (Å²) in [7, 11) is 0. The average Bonchev–Trinajstić information content (AvgIpc) is 3.12. The number of allylic oxidation sites excluding steroid dienone is 2. The third-order valence-corrected chi connectivity index (χ3v) is 3.99. The fourth-order valence-electron chi connectivity index (χ4n) is 2.51. The van der Waals surface area contributed by atoms with Gasteiger partial charge in [0.15, 0.2) is 0 Å². The Labute approximate surface area is 149 Å². The number of carbonyl (C=O) groups excluding carboxylic acids is 4. The van der Waals surface area contributed by atoms with E-state index < -0.39 is 11.9 Å². The van der Waals surface area contributed by atoms with Gasteiger partial charge in [0.05, 0.1) is 22.5 Å². The molecule has 0 aromatic heterocycles. The number of rotatable bonds is 4. The number of hydrogen-bond acceptors (Lipinski definition) is 6. The topological polar surface area (TPSA) is 93.2 Å². The van der Waals surface area contributed by atoms with Crippen molar-refractivity contribution in [2.24, 2.45) is 0 Å². The zero-order chi connectivity index (χ0) is 18.8. The van der Waals surface area contributed by atoms with E-state index in [1.807, 2.05) is 0 Å². The van der Waals surface area contributed by atoms with Crippen molar-refractivity contribution in [3.63, 3.8) is 0 Å². The summed E-state index contributed by atoms with van der Waals surface area (Å²) < 4.78 is 0. The van der Waals surface area contributed by atoms with Gasteiger partial charge in [-0.05, 0) is 37.1 Å². The molecule has 0 unspecified atom stereocenters. The van der Waals surface area contributed by atoms with E-state index in [9.17, 15) is 19.2 Å². The summed E-state index contributed by atoms with van der Waals surface area (Å²) in [5.41, 5.74) is 1.13. The highest BCUT2D eigenvalue weighted by molar-refractivity contribution is 5.94. The second kappa shape index (κ2) is 6.83. The molecule has 26 heavy (non-hydrogen) atoms. The van der Waals surface area contributed by atoms with Crippen molar-refractivity contribution in [2.45, 2.75) is 25.7 Å². The molecule has 0 atom stereocenters. The lowest BCUT2D eigenvalue weighted by atomic mass is 10.1. The molecule has 134 valence electrons. The van der Waals surface area contributed by atoms with Crippen molar-refractivity contribution in [2.75, 3.05) is 0 Å². The van der Waals surface area contributed by atoms with Crippen LogP contribution in [0.15, 0.2) is 48.8 Å². The SMILES string of the molecule is C=C1CCC(=O)N1OC(=O)c1ccc(C(=O)ON2C(=C)CCC2=O)cc1. The minimum atomic E-state index is -0.746. The van der Waals surface area contributed by atoms with E-state index in [-0.39, 0.29) is 35.8 Å². The van der Waals surface area contributed by atoms with E-state index in [0.29, 0.717) is 24.2 Å². The molecule has 2 aliphatic heterocycles. The summed E-state index contributed by atoms with van der Waals surface area (Å²) in [6.45, 7) is 7.32. The number of nitrogens with zero attached hydrogens (tertiary/aromatic N) is 2. The monoisotopic (exact) mass is 356 g/mol. The number of amides is 2. The maximum absolute atomic E-state index is 12.1. The molecule has 3 rings (SSSR count). The average molecular weight is 356 g/mol. The molecule has 2 aliphatic rings. The molecule has 1 aromatic rings. The van der Waals surface area contributed by atoms with Crippen LogP contribution in [0, 0.1) is 0 Å². The quantitative estimate of drug-likeness (QED) is 0.820. The van der Waals surface area contributed by atoms with Crippen LogP contribution in [-0.2, 0) is 19.3 Å². The van der Waals surface area contributed by atoms with Crippen LogP contribution in [0.1, 0.15) is 46.4 Å². The normalized spacial score (nSPS) is 17.1. The van der Waals surface area contributed by atoms with Crippen LogP contribution in [0.3, 0.4) is 0 Å². The second-order valence-electron chi connectivity index (χ2n) is 5.84. The Hall–Kier alpha value is -3.42. The van der Waals surface area contributed by atoms with Gasteiger partial charge in [0.2, 0.25) is 0 Å². The van der Waals surface area contributed by atoms with Gasteiger partial charge in [-0.25, -0.2) is 9.59 Å². The zero-order valence-corrected chi connectivity index (χ0v) is 13.9. The summed E-state index contributed by atoms with van der Waals surface area (Å²) >= 11 is 0. The van der Waals surface area contributed by atoms with Gasteiger partial charge in [0, 0.05) is 12.8 Å². The number of hydrogen-bond donors (Lipinski definition) is 0. The molecule has 0 saturated carbocycles. The fourth-order valence-corrected chi connectivity index (χ4v) is 2.51. The van der Waals surface area contributed by atoms with Crippen molar-refractivity contribution in [1.82, 2.24) is 10.1 Å². The lowest BCUT2D eigenvalue weighted by molar-refractivity contribution is -0.153. The van der Waals surface area contributed by atoms with E-state index in [2.05, 4.69) is 13.2 Å². The van der Waals surface area contributed by atoms with Gasteiger partial charge in [-0.3, -0.25) is 9.59 Å². The van der Waals surface area contributed by atoms with Gasteiger partial charge < -0.3 is 9.68 Å². The zero-order valence-electron chi connectivity index (χ0n) is 13.9. The molecule has 0 aliphatic carbocycles. The fraction of sp³-hybridized carbons (Fsp3) is 0.222. The van der Waals surface area contributed by atoms with E-state index in [4.69, 9.17) is 9.68 Å². The highest BCUT2D eigenvalue weighted by Crippen LogP contribution is 2.23. The van der Waals surface area contributed by atoms with Gasteiger partial charge >= 0.3 is 11.9 Å². The maximum atomic E-state index is 12.1. The van der Waals surface area contributed by atoms with Crippen molar-refractivity contribution in [3.05, 3.63) is 59.9 Å². The van der Waals surface area contributed by atoms with Gasteiger partial charge in [0.25, 0.3) is 11.8 Å². The van der Waals surface area contributed by atoms with Crippen LogP contribution < -0.4 is 0 Å². The summed E-state index contributed by atoms with van der Waals surface area (Å²) in [6.07, 6.45) is 1.38. The molecule has 0 N–H and O–H groups in total. The van der Waals surface area contributed by atoms with Crippen LogP contribution >= 0.6 is 0 Å². The van der Waals surface area contributed by atoms with E-state index in [1.54, 1.807) is 0 Å². The molecule has 1 aromatic carbocycles. The lowest BCUT2D eigenvalue weighted by Crippen LogP contribution is -2.27. The minimum Gasteiger partial charge on any atom is -0.328 e. The Kier molecular flexibility index (Phi) is 4.57. The van der Waals surface area contributed by atoms with Crippen molar-refractivity contribution >= 4 is 23.8 Å². The molecule has 0 radical (unpaired) electrons. The third-order valence-electron chi connectivity index (χ3n) is 3.99. The first-order valence-electron chi connectivity index (χ1n) is 7.93. The van der Waals surface area contributed by atoms with Crippen molar-refractivity contribution in [1.29, 1.82) is 0 Å². The molecule has 8 heteroatoms. The van der Waals surface area contributed by atoms with Crippen molar-refractivity contribution < 1.29 is 28.9 Å². The van der Waals surface area contributed by atoms with E-state index in [0.717, 1.165) is 10.1 Å². The molecule has 2 saturated heterocycles. The van der Waals surface area contributed by atoms with Crippen LogP contribution in [0.2, 0.25) is 0 Å². The number of hydroxylamine groups is 4. The van der Waals surface area contributed by atoms with Crippen molar-refractivity contribution in [3.8, 4) is 0 Å². The highest BCUT2D eigenvalue weighted by Gasteiger charge is 2.30. The Balaban J connectivity index is 1.64. The predicted octanol–water partition coefficient (Wildman–Crippen LogP) is 2.10. The molecule has 0 spiro atoms. The maximum Gasteiger partial charge on any atom is 0.363 e. The van der Waals surface area contributed by atoms with Gasteiger partial charge in [-0.1, -0.05) is 13.2 Å². The summed E-state index contributed by atoms with van der Waals surface area (Å²) in [5.74, 6) is -2.16. The first-order valence-corrected chi connectivity index (χ1v) is 7.93. The largest absolute Gasteiger partial charge is 0.363 e. The third kappa shape index (κ3) is 3.34. The highest BCUT2D eigenvalue weighted by atomic mass is 16.7. The number of carbonyl (C=O) groups is 4. The molecular weight excluding hydrogens is 340 g/mol. The summed E-state index contributed by atoms with van der Waals surface area (Å²) in [4.78, 5) is 57.4. The molecule has 0 bridgehead atoms. The first-order chi connectivity index (χ1) is 12.4. The van der Waals surface area contributed by atoms with Crippen LogP contribution in [0.25, 0.3) is 0 Å². The Morgan fingerprint density at radius 2 is 1.08 bits per heavy atom. The Morgan fingerprint density at radius 1 is 0.731 bits per heavy atom. The summed E-state index contributed by atoms with van der Waals surface area (Å²) in [6, 6.07) is 5.46. The second-order valence-corrected chi connectivity index (χ2v) is 5.84. The molecule has 2 fully saturated rings. The minimum absolute atomic E-state index is 0.149. The molecule has 2 amide bonds. The van der Waals surface area contributed by atoms with E-state index >= 15 is 0 Å². The number of benzene rings is 1. The lowest BCUT2D eigenvalue weighted by Gasteiger charge is -2.16. The standard InChI is InChI=1S/C18H16N2O6/c1-11-3-9-15(21)19(11)25-17(23)13-5-7-14(8-6-13)18(24)26-20-12(2)4-10-16(20)22/h5-8H,1-4,9-10H2. The van der Waals surface area contributed by atoms with Crippen LogP contribution in [0.5, 0.6) is 0 Å². The summed E-state index contributed by atoms with van der Waals surface area (Å²) in [5, 5.41) is 1.77. The van der Waals surface area contributed by atoms with Crippen LogP contribution in [0.4, 0.5) is 0 Å². The van der Waals surface area contributed by atoms with Crippen LogP contribution in [-0.4, -0.2) is 33.9 Å². The first kappa shape index (κ1) is 17.4.